The first-order valence-corrected chi connectivity index (χ1v) is 9.07. The van der Waals surface area contributed by atoms with Crippen LogP contribution in [0.1, 0.15) is 15.9 Å². The minimum Gasteiger partial charge on any atom is -0.493 e. The number of ether oxygens (including phenoxy) is 2. The monoisotopic (exact) mass is 406 g/mol. The standard InChI is InChI=1S/C22H18N2O6/c1-28-11-13-9-19(25)24-17-10-14(6-7-15(13)17)23-21(26)16-8-12-4-3-5-18(29-2)20(12)30-22(16)27/h3-10H,11H2,1-2H3,(H,23,26)(H,24,25). The molecular weight excluding hydrogens is 388 g/mol. The lowest BCUT2D eigenvalue weighted by atomic mass is 10.1. The minimum atomic E-state index is -0.777. The maximum absolute atomic E-state index is 12.7. The molecule has 4 rings (SSSR count). The smallest absolute Gasteiger partial charge is 0.349 e. The second-order valence-corrected chi connectivity index (χ2v) is 6.63. The van der Waals surface area contributed by atoms with Gasteiger partial charge in [0.1, 0.15) is 5.56 Å². The number of para-hydroxylation sites is 1. The largest absolute Gasteiger partial charge is 0.493 e. The Morgan fingerprint density at radius 3 is 2.70 bits per heavy atom. The van der Waals surface area contributed by atoms with Gasteiger partial charge in [-0.2, -0.15) is 0 Å². The molecule has 30 heavy (non-hydrogen) atoms. The predicted molar refractivity (Wildman–Crippen MR) is 112 cm³/mol. The summed E-state index contributed by atoms with van der Waals surface area (Å²) in [4.78, 5) is 39.7. The summed E-state index contributed by atoms with van der Waals surface area (Å²) in [6.45, 7) is 0.285. The lowest BCUT2D eigenvalue weighted by Gasteiger charge is -2.09. The van der Waals surface area contributed by atoms with Gasteiger partial charge in [-0.3, -0.25) is 9.59 Å². The van der Waals surface area contributed by atoms with E-state index in [1.54, 1.807) is 43.5 Å². The van der Waals surface area contributed by atoms with Gasteiger partial charge in [-0.25, -0.2) is 4.79 Å². The number of nitrogens with one attached hydrogen (secondary N) is 2. The average molecular weight is 406 g/mol. The van der Waals surface area contributed by atoms with Crippen molar-refractivity contribution in [1.29, 1.82) is 0 Å². The molecule has 0 aliphatic rings. The fourth-order valence-corrected chi connectivity index (χ4v) is 3.32. The third kappa shape index (κ3) is 3.56. The summed E-state index contributed by atoms with van der Waals surface area (Å²) in [5.41, 5.74) is 0.778. The van der Waals surface area contributed by atoms with Crippen LogP contribution in [0.3, 0.4) is 0 Å². The molecular formula is C22H18N2O6. The van der Waals surface area contributed by atoms with Gasteiger partial charge in [0, 0.05) is 29.6 Å². The number of pyridine rings is 1. The van der Waals surface area contributed by atoms with E-state index in [1.165, 1.54) is 19.2 Å². The summed E-state index contributed by atoms with van der Waals surface area (Å²) in [5, 5.41) is 4.03. The number of carbonyl (C=O) groups is 1. The van der Waals surface area contributed by atoms with E-state index in [2.05, 4.69) is 10.3 Å². The Bertz CT molecular complexity index is 1390. The van der Waals surface area contributed by atoms with Crippen LogP contribution in [-0.4, -0.2) is 25.1 Å². The van der Waals surface area contributed by atoms with Gasteiger partial charge in [-0.1, -0.05) is 18.2 Å². The maximum Gasteiger partial charge on any atom is 0.349 e. The van der Waals surface area contributed by atoms with Crippen molar-refractivity contribution < 1.29 is 18.7 Å². The number of aromatic nitrogens is 1. The lowest BCUT2D eigenvalue weighted by Crippen LogP contribution is -2.20. The van der Waals surface area contributed by atoms with Gasteiger partial charge in [-0.05, 0) is 29.8 Å². The Hall–Kier alpha value is -3.91. The van der Waals surface area contributed by atoms with Crippen LogP contribution >= 0.6 is 0 Å². The van der Waals surface area contributed by atoms with E-state index in [0.717, 1.165) is 10.9 Å². The van der Waals surface area contributed by atoms with E-state index < -0.39 is 11.5 Å². The van der Waals surface area contributed by atoms with Crippen LogP contribution in [-0.2, 0) is 11.3 Å². The third-order valence-corrected chi connectivity index (χ3v) is 4.67. The molecule has 2 heterocycles. The lowest BCUT2D eigenvalue weighted by molar-refractivity contribution is 0.102. The van der Waals surface area contributed by atoms with Gasteiger partial charge in [-0.15, -0.1) is 0 Å². The molecule has 0 saturated carbocycles. The van der Waals surface area contributed by atoms with Gasteiger partial charge in [0.2, 0.25) is 5.56 Å². The van der Waals surface area contributed by atoms with Crippen molar-refractivity contribution in [2.24, 2.45) is 0 Å². The molecule has 2 aromatic carbocycles. The van der Waals surface area contributed by atoms with Crippen molar-refractivity contribution in [2.75, 3.05) is 19.5 Å². The molecule has 2 aromatic heterocycles. The first kappa shape index (κ1) is 19.4. The molecule has 0 spiro atoms. The molecule has 0 aliphatic carbocycles. The van der Waals surface area contributed by atoms with Gasteiger partial charge >= 0.3 is 5.63 Å². The number of hydrogen-bond donors (Lipinski definition) is 2. The SMILES string of the molecule is COCc1cc(=O)[nH]c2cc(NC(=O)c3cc4cccc(OC)c4oc3=O)ccc12. The van der Waals surface area contributed by atoms with Crippen LogP contribution in [0.25, 0.3) is 21.9 Å². The number of H-pyrrole nitrogens is 1. The Labute approximate surface area is 170 Å². The van der Waals surface area contributed by atoms with Crippen LogP contribution in [0.4, 0.5) is 5.69 Å². The number of rotatable bonds is 5. The minimum absolute atomic E-state index is 0.141. The summed E-state index contributed by atoms with van der Waals surface area (Å²) in [7, 11) is 3.02. The highest BCUT2D eigenvalue weighted by atomic mass is 16.5. The van der Waals surface area contributed by atoms with E-state index in [0.29, 0.717) is 22.3 Å². The molecule has 0 fully saturated rings. The predicted octanol–water partition coefficient (Wildman–Crippen LogP) is 3.04. The maximum atomic E-state index is 12.7. The highest BCUT2D eigenvalue weighted by Gasteiger charge is 2.16. The number of aromatic amines is 1. The Morgan fingerprint density at radius 2 is 1.93 bits per heavy atom. The zero-order chi connectivity index (χ0) is 21.3. The number of methoxy groups -OCH3 is 2. The van der Waals surface area contributed by atoms with Gasteiger partial charge in [0.05, 0.1) is 19.2 Å². The van der Waals surface area contributed by atoms with Crippen molar-refractivity contribution in [3.63, 3.8) is 0 Å². The topological polar surface area (TPSA) is 111 Å². The highest BCUT2D eigenvalue weighted by Crippen LogP contribution is 2.25. The molecule has 8 nitrogen and oxygen atoms in total. The van der Waals surface area contributed by atoms with Gasteiger partial charge < -0.3 is 24.2 Å². The first-order chi connectivity index (χ1) is 14.5. The number of fused-ring (bicyclic) bond motifs is 2. The molecule has 0 atom stereocenters. The van der Waals surface area contributed by atoms with E-state index in [-0.39, 0.29) is 23.3 Å². The molecule has 152 valence electrons. The molecule has 0 unspecified atom stereocenters. The normalized spacial score (nSPS) is 11.0. The van der Waals surface area contributed by atoms with Crippen LogP contribution in [0.5, 0.6) is 5.75 Å². The van der Waals surface area contributed by atoms with Crippen LogP contribution in [0.15, 0.2) is 62.5 Å². The second-order valence-electron chi connectivity index (χ2n) is 6.63. The molecule has 0 bridgehead atoms. The number of anilines is 1. The Kier molecular flexibility index (Phi) is 5.07. The highest BCUT2D eigenvalue weighted by molar-refractivity contribution is 6.06. The fraction of sp³-hybridized carbons (Fsp3) is 0.136. The van der Waals surface area contributed by atoms with Crippen molar-refractivity contribution >= 4 is 33.5 Å². The number of carbonyl (C=O) groups excluding carboxylic acids is 1. The number of amides is 1. The van der Waals surface area contributed by atoms with Crippen LogP contribution in [0, 0.1) is 0 Å². The molecule has 0 aliphatic heterocycles. The van der Waals surface area contributed by atoms with E-state index >= 15 is 0 Å². The Morgan fingerprint density at radius 1 is 1.10 bits per heavy atom. The average Bonchev–Trinajstić information content (AvgIpc) is 2.72. The zero-order valence-corrected chi connectivity index (χ0v) is 16.3. The van der Waals surface area contributed by atoms with Crippen LogP contribution < -0.4 is 21.2 Å². The Balaban J connectivity index is 1.70. The fourth-order valence-electron chi connectivity index (χ4n) is 3.32. The molecule has 8 heteroatoms. The van der Waals surface area contributed by atoms with Gasteiger partial charge in [0.15, 0.2) is 11.3 Å². The van der Waals surface area contributed by atoms with Crippen LogP contribution in [0.2, 0.25) is 0 Å². The summed E-state index contributed by atoms with van der Waals surface area (Å²) in [6.07, 6.45) is 0. The number of benzene rings is 2. The van der Waals surface area contributed by atoms with Gasteiger partial charge in [0.25, 0.3) is 5.91 Å². The summed E-state index contributed by atoms with van der Waals surface area (Å²) >= 11 is 0. The van der Waals surface area contributed by atoms with Crippen molar-refractivity contribution in [3.05, 3.63) is 80.4 Å². The van der Waals surface area contributed by atoms with E-state index in [9.17, 15) is 14.4 Å². The van der Waals surface area contributed by atoms with Crippen molar-refractivity contribution in [2.45, 2.75) is 6.61 Å². The zero-order valence-electron chi connectivity index (χ0n) is 16.3. The quantitative estimate of drug-likeness (QED) is 0.493. The summed E-state index contributed by atoms with van der Waals surface area (Å²) in [5.74, 6) is -0.217. The van der Waals surface area contributed by atoms with E-state index in [4.69, 9.17) is 13.9 Å². The molecule has 2 N–H and O–H groups in total. The van der Waals surface area contributed by atoms with Crippen molar-refractivity contribution in [1.82, 2.24) is 4.98 Å². The summed E-state index contributed by atoms with van der Waals surface area (Å²) < 4.78 is 15.6. The molecule has 1 amide bonds. The number of hydrogen-bond acceptors (Lipinski definition) is 6. The third-order valence-electron chi connectivity index (χ3n) is 4.67. The molecule has 0 radical (unpaired) electrons. The second kappa shape index (κ2) is 7.84. The van der Waals surface area contributed by atoms with Crippen molar-refractivity contribution in [3.8, 4) is 5.75 Å². The molecule has 0 saturated heterocycles. The van der Waals surface area contributed by atoms with E-state index in [1.807, 2.05) is 0 Å². The molecule has 4 aromatic rings. The summed E-state index contributed by atoms with van der Waals surface area (Å²) in [6, 6.07) is 13.1. The first-order valence-electron chi connectivity index (χ1n) is 9.07.